The minimum absolute atomic E-state index is 0.708. The lowest BCUT2D eigenvalue weighted by Gasteiger charge is -1.90. The fraction of sp³-hybridized carbons (Fsp3) is 0.375. The molecule has 0 fully saturated rings. The lowest BCUT2D eigenvalue weighted by atomic mass is 10.2. The molecule has 3 nitrogen and oxygen atoms in total. The predicted molar refractivity (Wildman–Crippen MR) is 49.3 cm³/mol. The van der Waals surface area contributed by atoms with E-state index in [2.05, 4.69) is 5.16 Å². The fourth-order valence-corrected chi connectivity index (χ4v) is 1.98. The van der Waals surface area contributed by atoms with Gasteiger partial charge in [0.15, 0.2) is 5.58 Å². The summed E-state index contributed by atoms with van der Waals surface area (Å²) in [6.45, 7) is 0.708. The van der Waals surface area contributed by atoms with E-state index in [4.69, 9.17) is 10.3 Å². The van der Waals surface area contributed by atoms with E-state index in [1.54, 1.807) is 11.3 Å². The molecule has 0 bridgehead atoms. The molecule has 0 saturated heterocycles. The maximum absolute atomic E-state index is 5.41. The van der Waals surface area contributed by atoms with E-state index in [0.717, 1.165) is 24.1 Å². The standard InChI is InChI=1S/C8H10N2OS/c9-4-1-2-6-8-7(11-10-6)3-5-12-8/h3,5H,1-2,4,9H2. The first-order chi connectivity index (χ1) is 5.92. The van der Waals surface area contributed by atoms with Crippen molar-refractivity contribution in [3.63, 3.8) is 0 Å². The first-order valence-corrected chi connectivity index (χ1v) is 4.81. The Bertz CT molecular complexity index is 366. The largest absolute Gasteiger partial charge is 0.355 e. The third-order valence-corrected chi connectivity index (χ3v) is 2.71. The number of fused-ring (bicyclic) bond motifs is 1. The van der Waals surface area contributed by atoms with E-state index < -0.39 is 0 Å². The summed E-state index contributed by atoms with van der Waals surface area (Å²) in [6, 6.07) is 1.94. The Balaban J connectivity index is 2.28. The number of aromatic nitrogens is 1. The average Bonchev–Trinajstić information content (AvgIpc) is 2.62. The van der Waals surface area contributed by atoms with E-state index in [-0.39, 0.29) is 0 Å². The highest BCUT2D eigenvalue weighted by Gasteiger charge is 2.07. The number of rotatable bonds is 3. The van der Waals surface area contributed by atoms with Gasteiger partial charge in [-0.3, -0.25) is 0 Å². The molecule has 12 heavy (non-hydrogen) atoms. The topological polar surface area (TPSA) is 52.0 Å². The van der Waals surface area contributed by atoms with Gasteiger partial charge < -0.3 is 10.3 Å². The van der Waals surface area contributed by atoms with Crippen LogP contribution in [0, 0.1) is 0 Å². The molecule has 0 atom stereocenters. The highest BCUT2D eigenvalue weighted by Crippen LogP contribution is 2.24. The number of aryl methyl sites for hydroxylation is 1. The van der Waals surface area contributed by atoms with Gasteiger partial charge in [-0.1, -0.05) is 5.16 Å². The van der Waals surface area contributed by atoms with Crippen molar-refractivity contribution in [2.75, 3.05) is 6.54 Å². The van der Waals surface area contributed by atoms with Crippen LogP contribution in [0.1, 0.15) is 12.1 Å². The van der Waals surface area contributed by atoms with E-state index in [9.17, 15) is 0 Å². The Kier molecular flexibility index (Phi) is 2.10. The minimum Gasteiger partial charge on any atom is -0.355 e. The first kappa shape index (κ1) is 7.76. The molecule has 0 aromatic carbocycles. The van der Waals surface area contributed by atoms with Gasteiger partial charge in [-0.2, -0.15) is 0 Å². The van der Waals surface area contributed by atoms with Gasteiger partial charge >= 0.3 is 0 Å². The van der Waals surface area contributed by atoms with Gasteiger partial charge in [0.05, 0.1) is 4.70 Å². The van der Waals surface area contributed by atoms with Crippen molar-refractivity contribution < 1.29 is 4.52 Å². The normalized spacial score (nSPS) is 11.1. The quantitative estimate of drug-likeness (QED) is 0.787. The minimum atomic E-state index is 0.708. The van der Waals surface area contributed by atoms with Crippen molar-refractivity contribution in [1.29, 1.82) is 0 Å². The molecule has 0 aliphatic heterocycles. The number of nitrogens with two attached hydrogens (primary N) is 1. The van der Waals surface area contributed by atoms with Crippen molar-refractivity contribution in [3.05, 3.63) is 17.1 Å². The summed E-state index contributed by atoms with van der Waals surface area (Å²) in [6.07, 6.45) is 1.89. The summed E-state index contributed by atoms with van der Waals surface area (Å²) >= 11 is 1.67. The molecule has 0 unspecified atom stereocenters. The van der Waals surface area contributed by atoms with Crippen LogP contribution < -0.4 is 5.73 Å². The predicted octanol–water partition coefficient (Wildman–Crippen LogP) is 1.78. The monoisotopic (exact) mass is 182 g/mol. The number of nitrogens with zero attached hydrogens (tertiary/aromatic N) is 1. The van der Waals surface area contributed by atoms with Crippen molar-refractivity contribution in [2.45, 2.75) is 12.8 Å². The summed E-state index contributed by atoms with van der Waals surface area (Å²) < 4.78 is 6.28. The Morgan fingerprint density at radius 1 is 1.58 bits per heavy atom. The van der Waals surface area contributed by atoms with Gasteiger partial charge in [-0.25, -0.2) is 0 Å². The maximum Gasteiger partial charge on any atom is 0.177 e. The summed E-state index contributed by atoms with van der Waals surface area (Å²) in [4.78, 5) is 0. The lowest BCUT2D eigenvalue weighted by Crippen LogP contribution is -2.00. The molecule has 0 aliphatic rings. The van der Waals surface area contributed by atoms with E-state index in [0.29, 0.717) is 6.54 Å². The first-order valence-electron chi connectivity index (χ1n) is 3.93. The van der Waals surface area contributed by atoms with Crippen LogP contribution in [-0.4, -0.2) is 11.7 Å². The molecule has 2 N–H and O–H groups in total. The van der Waals surface area contributed by atoms with Crippen LogP contribution in [0.15, 0.2) is 16.0 Å². The second-order valence-corrected chi connectivity index (χ2v) is 3.55. The van der Waals surface area contributed by atoms with E-state index >= 15 is 0 Å². The molecular formula is C8H10N2OS. The fourth-order valence-electron chi connectivity index (χ4n) is 1.15. The van der Waals surface area contributed by atoms with Gasteiger partial charge in [0, 0.05) is 0 Å². The molecule has 4 heteroatoms. The van der Waals surface area contributed by atoms with Crippen LogP contribution >= 0.6 is 11.3 Å². The van der Waals surface area contributed by atoms with Gasteiger partial charge in [0.2, 0.25) is 0 Å². The molecule has 2 aromatic rings. The van der Waals surface area contributed by atoms with Crippen molar-refractivity contribution in [2.24, 2.45) is 5.73 Å². The number of hydrogen-bond acceptors (Lipinski definition) is 4. The molecule has 2 aromatic heterocycles. The Labute approximate surface area is 74.2 Å². The molecule has 0 aliphatic carbocycles. The van der Waals surface area contributed by atoms with E-state index in [1.807, 2.05) is 11.4 Å². The van der Waals surface area contributed by atoms with Crippen LogP contribution in [-0.2, 0) is 6.42 Å². The van der Waals surface area contributed by atoms with Crippen molar-refractivity contribution in [1.82, 2.24) is 5.16 Å². The summed E-state index contributed by atoms with van der Waals surface area (Å²) in [5, 5.41) is 5.99. The summed E-state index contributed by atoms with van der Waals surface area (Å²) in [7, 11) is 0. The van der Waals surface area contributed by atoms with Crippen molar-refractivity contribution >= 4 is 21.6 Å². The highest BCUT2D eigenvalue weighted by molar-refractivity contribution is 7.17. The molecule has 2 heterocycles. The zero-order valence-electron chi connectivity index (χ0n) is 6.62. The van der Waals surface area contributed by atoms with Gasteiger partial charge in [-0.05, 0) is 30.8 Å². The van der Waals surface area contributed by atoms with Gasteiger partial charge in [0.25, 0.3) is 0 Å². The number of hydrogen-bond donors (Lipinski definition) is 1. The molecule has 0 spiro atoms. The smallest absolute Gasteiger partial charge is 0.177 e. The molecular weight excluding hydrogens is 172 g/mol. The Hall–Kier alpha value is -0.870. The Morgan fingerprint density at radius 2 is 2.50 bits per heavy atom. The zero-order valence-corrected chi connectivity index (χ0v) is 7.43. The molecule has 0 radical (unpaired) electrons. The average molecular weight is 182 g/mol. The number of thiophene rings is 1. The third-order valence-electron chi connectivity index (χ3n) is 1.76. The van der Waals surface area contributed by atoms with Gasteiger partial charge in [0.1, 0.15) is 5.69 Å². The highest BCUT2D eigenvalue weighted by atomic mass is 32.1. The SMILES string of the molecule is NCCCc1noc2ccsc12. The molecule has 0 saturated carbocycles. The molecule has 0 amide bonds. The van der Waals surface area contributed by atoms with Crippen LogP contribution in [0.5, 0.6) is 0 Å². The molecule has 2 rings (SSSR count). The maximum atomic E-state index is 5.41. The second-order valence-electron chi connectivity index (χ2n) is 2.64. The van der Waals surface area contributed by atoms with Crippen molar-refractivity contribution in [3.8, 4) is 0 Å². The van der Waals surface area contributed by atoms with Crippen LogP contribution in [0.3, 0.4) is 0 Å². The van der Waals surface area contributed by atoms with E-state index in [1.165, 1.54) is 4.70 Å². The van der Waals surface area contributed by atoms with Crippen LogP contribution in [0.2, 0.25) is 0 Å². The second kappa shape index (κ2) is 3.25. The summed E-state index contributed by atoms with van der Waals surface area (Å²) in [5.74, 6) is 0. The van der Waals surface area contributed by atoms with Gasteiger partial charge in [-0.15, -0.1) is 11.3 Å². The Morgan fingerprint density at radius 3 is 3.33 bits per heavy atom. The third kappa shape index (κ3) is 1.23. The van der Waals surface area contributed by atoms with Crippen LogP contribution in [0.25, 0.3) is 10.3 Å². The lowest BCUT2D eigenvalue weighted by molar-refractivity contribution is 0.445. The molecule has 64 valence electrons. The summed E-state index contributed by atoms with van der Waals surface area (Å²) in [5.41, 5.74) is 7.35. The van der Waals surface area contributed by atoms with Crippen LogP contribution in [0.4, 0.5) is 0 Å². The zero-order chi connectivity index (χ0) is 8.39.